The molecule has 0 saturated carbocycles. The van der Waals surface area contributed by atoms with Crippen LogP contribution in [0.15, 0.2) is 53.5 Å². The van der Waals surface area contributed by atoms with Gasteiger partial charge in [0.2, 0.25) is 0 Å². The average Bonchev–Trinajstić information content (AvgIpc) is 2.64. The summed E-state index contributed by atoms with van der Waals surface area (Å²) in [6.07, 6.45) is -1.72. The lowest BCUT2D eigenvalue weighted by Gasteiger charge is -2.39. The van der Waals surface area contributed by atoms with Crippen molar-refractivity contribution in [3.05, 3.63) is 59.9 Å². The van der Waals surface area contributed by atoms with Gasteiger partial charge in [0.25, 0.3) is 0 Å². The highest BCUT2D eigenvalue weighted by Gasteiger charge is 2.41. The van der Waals surface area contributed by atoms with Crippen LogP contribution in [-0.4, -0.2) is 34.2 Å². The first-order valence-corrected chi connectivity index (χ1v) is 9.85. The number of aliphatic imine (C=N–C) groups is 1. The molecule has 0 fully saturated rings. The summed E-state index contributed by atoms with van der Waals surface area (Å²) in [6.45, 7) is 10.2. The Hall–Kier alpha value is -3.42. The minimum absolute atomic E-state index is 0.0693. The van der Waals surface area contributed by atoms with Gasteiger partial charge in [-0.3, -0.25) is 0 Å². The van der Waals surface area contributed by atoms with Gasteiger partial charge in [0.15, 0.2) is 5.84 Å². The third-order valence-corrected chi connectivity index (χ3v) is 3.96. The fraction of sp³-hybridized carbons (Fsp3) is 0.348. The Kier molecular flexibility index (Phi) is 5.76. The molecule has 2 amide bonds. The molecule has 0 aliphatic carbocycles. The zero-order valence-corrected chi connectivity index (χ0v) is 18.5. The van der Waals surface area contributed by atoms with Crippen LogP contribution >= 0.6 is 0 Å². The lowest BCUT2D eigenvalue weighted by atomic mass is 10.1. The van der Waals surface area contributed by atoms with E-state index in [2.05, 4.69) is 4.99 Å². The van der Waals surface area contributed by atoms with Crippen molar-refractivity contribution >= 4 is 29.4 Å². The number of halogens is 1. The van der Waals surface area contributed by atoms with Crippen LogP contribution in [0.2, 0.25) is 0 Å². The quantitative estimate of drug-likeness (QED) is 0.576. The number of hydrogen-bond acceptors (Lipinski definition) is 5. The molecule has 164 valence electrons. The summed E-state index contributed by atoms with van der Waals surface area (Å²) in [5, 5.41) is 1.95. The summed E-state index contributed by atoms with van der Waals surface area (Å²) in [6, 6.07) is 12.7. The number of carbonyl (C=O) groups is 2. The fourth-order valence-electron chi connectivity index (χ4n) is 2.86. The van der Waals surface area contributed by atoms with Crippen LogP contribution in [0.25, 0.3) is 0 Å². The highest BCUT2D eigenvalue weighted by molar-refractivity contribution is 6.14. The average molecular weight is 427 g/mol. The van der Waals surface area contributed by atoms with E-state index in [1.54, 1.807) is 65.8 Å². The predicted molar refractivity (Wildman–Crippen MR) is 116 cm³/mol. The molecule has 2 aromatic rings. The second-order valence-electron chi connectivity index (χ2n) is 9.02. The molecule has 8 heteroatoms. The molecule has 0 N–H and O–H groups in total. The van der Waals surface area contributed by atoms with Gasteiger partial charge < -0.3 is 9.47 Å². The van der Waals surface area contributed by atoms with E-state index < -0.39 is 29.2 Å². The first kappa shape index (κ1) is 22.3. The van der Waals surface area contributed by atoms with E-state index in [4.69, 9.17) is 9.47 Å². The molecule has 0 saturated heterocycles. The van der Waals surface area contributed by atoms with E-state index in [9.17, 15) is 14.0 Å². The maximum Gasteiger partial charge on any atom is 0.436 e. The van der Waals surface area contributed by atoms with E-state index in [1.165, 1.54) is 12.1 Å². The molecule has 0 aromatic heterocycles. The molecule has 0 radical (unpaired) electrons. The maximum atomic E-state index is 14.1. The van der Waals surface area contributed by atoms with Gasteiger partial charge in [0, 0.05) is 11.6 Å². The zero-order chi connectivity index (χ0) is 23.0. The van der Waals surface area contributed by atoms with Crippen LogP contribution < -0.4 is 5.01 Å². The second-order valence-corrected chi connectivity index (χ2v) is 9.02. The van der Waals surface area contributed by atoms with Gasteiger partial charge in [0.1, 0.15) is 17.0 Å². The minimum atomic E-state index is -0.867. The van der Waals surface area contributed by atoms with E-state index in [0.29, 0.717) is 11.3 Å². The van der Waals surface area contributed by atoms with E-state index in [0.717, 1.165) is 16.1 Å². The molecule has 3 rings (SSSR count). The number of amides is 2. The third-order valence-electron chi connectivity index (χ3n) is 3.96. The highest BCUT2D eigenvalue weighted by atomic mass is 19.1. The molecular weight excluding hydrogens is 401 g/mol. The maximum absolute atomic E-state index is 14.1. The van der Waals surface area contributed by atoms with Crippen molar-refractivity contribution in [2.45, 2.75) is 52.7 Å². The van der Waals surface area contributed by atoms with Gasteiger partial charge in [-0.2, -0.15) is 10.0 Å². The summed E-state index contributed by atoms with van der Waals surface area (Å²) in [7, 11) is 0. The Morgan fingerprint density at radius 1 is 0.839 bits per heavy atom. The summed E-state index contributed by atoms with van der Waals surface area (Å²) >= 11 is 0. The SMILES string of the molecule is CC(C)(C)OC(=O)N1C(c2ccccc2)=Nc2ccc(F)cc2N1C(=O)OC(C)(C)C. The number of rotatable bonds is 1. The number of fused-ring (bicyclic) bond motifs is 1. The van der Waals surface area contributed by atoms with Crippen LogP contribution in [0, 0.1) is 5.82 Å². The fourth-order valence-corrected chi connectivity index (χ4v) is 2.86. The van der Waals surface area contributed by atoms with Crippen molar-refractivity contribution in [3.8, 4) is 0 Å². The number of hydrogen-bond donors (Lipinski definition) is 0. The Bertz CT molecular complexity index is 1020. The summed E-state index contributed by atoms with van der Waals surface area (Å²) < 4.78 is 25.2. The van der Waals surface area contributed by atoms with Crippen molar-refractivity contribution in [1.29, 1.82) is 0 Å². The van der Waals surface area contributed by atoms with Crippen LogP contribution in [0.1, 0.15) is 47.1 Å². The first-order chi connectivity index (χ1) is 14.4. The standard InChI is InChI=1S/C23H26FN3O4/c1-22(2,3)30-20(28)26-18-14-16(24)12-13-17(18)25-19(15-10-8-7-9-11-15)27(26)21(29)31-23(4,5)6/h7-14H,1-6H3. The van der Waals surface area contributed by atoms with Gasteiger partial charge in [-0.1, -0.05) is 30.3 Å². The predicted octanol–water partition coefficient (Wildman–Crippen LogP) is 5.81. The zero-order valence-electron chi connectivity index (χ0n) is 18.5. The van der Waals surface area contributed by atoms with E-state index in [1.807, 2.05) is 6.07 Å². The first-order valence-electron chi connectivity index (χ1n) is 9.85. The van der Waals surface area contributed by atoms with Crippen LogP contribution in [0.4, 0.5) is 25.4 Å². The number of hydrazine groups is 1. The van der Waals surface area contributed by atoms with E-state index >= 15 is 0 Å². The van der Waals surface area contributed by atoms with Crippen molar-refractivity contribution in [3.63, 3.8) is 0 Å². The molecule has 2 aromatic carbocycles. The smallest absolute Gasteiger partial charge is 0.436 e. The number of nitrogens with zero attached hydrogens (tertiary/aromatic N) is 3. The monoisotopic (exact) mass is 427 g/mol. The summed E-state index contributed by atoms with van der Waals surface area (Å²) in [4.78, 5) is 31.0. The molecular formula is C23H26FN3O4. The van der Waals surface area contributed by atoms with Gasteiger partial charge in [-0.15, -0.1) is 0 Å². The highest BCUT2D eigenvalue weighted by Crippen LogP contribution is 2.37. The number of anilines is 1. The van der Waals surface area contributed by atoms with Crippen molar-refractivity contribution in [2.75, 3.05) is 5.01 Å². The molecule has 0 atom stereocenters. The molecule has 0 unspecified atom stereocenters. The topological polar surface area (TPSA) is 71.4 Å². The molecule has 1 aliphatic rings. The lowest BCUT2D eigenvalue weighted by Crippen LogP contribution is -2.57. The molecule has 31 heavy (non-hydrogen) atoms. The molecule has 7 nitrogen and oxygen atoms in total. The number of ether oxygens (including phenoxy) is 2. The van der Waals surface area contributed by atoms with Crippen LogP contribution in [-0.2, 0) is 9.47 Å². The Labute approximate surface area is 181 Å². The molecule has 0 bridgehead atoms. The van der Waals surface area contributed by atoms with Gasteiger partial charge >= 0.3 is 12.2 Å². The number of amidine groups is 1. The Morgan fingerprint density at radius 3 is 1.94 bits per heavy atom. The van der Waals surface area contributed by atoms with Gasteiger partial charge in [-0.25, -0.2) is 19.0 Å². The Morgan fingerprint density at radius 2 is 1.39 bits per heavy atom. The number of carbonyl (C=O) groups excluding carboxylic acids is 2. The third kappa shape index (κ3) is 5.20. The number of benzene rings is 2. The normalized spacial score (nSPS) is 14.0. The molecule has 1 aliphatic heterocycles. The van der Waals surface area contributed by atoms with Crippen LogP contribution in [0.5, 0.6) is 0 Å². The van der Waals surface area contributed by atoms with Crippen LogP contribution in [0.3, 0.4) is 0 Å². The van der Waals surface area contributed by atoms with Gasteiger partial charge in [-0.05, 0) is 53.7 Å². The van der Waals surface area contributed by atoms with Gasteiger partial charge in [0.05, 0.1) is 11.4 Å². The second kappa shape index (κ2) is 8.02. The van der Waals surface area contributed by atoms with Crippen molar-refractivity contribution < 1.29 is 23.5 Å². The summed E-state index contributed by atoms with van der Waals surface area (Å²) in [5.41, 5.74) is -0.755. The molecule has 1 heterocycles. The minimum Gasteiger partial charge on any atom is -0.442 e. The largest absolute Gasteiger partial charge is 0.442 e. The van der Waals surface area contributed by atoms with Crippen molar-refractivity contribution in [2.24, 2.45) is 4.99 Å². The lowest BCUT2D eigenvalue weighted by molar-refractivity contribution is 0.0255. The summed E-state index contributed by atoms with van der Waals surface area (Å²) in [5.74, 6) is -0.436. The Balaban J connectivity index is 2.22. The van der Waals surface area contributed by atoms with E-state index in [-0.39, 0.29) is 11.5 Å². The van der Waals surface area contributed by atoms with Crippen molar-refractivity contribution in [1.82, 2.24) is 5.01 Å². The molecule has 0 spiro atoms.